The van der Waals surface area contributed by atoms with Crippen molar-refractivity contribution in [3.05, 3.63) is 89.6 Å². The van der Waals surface area contributed by atoms with E-state index in [4.69, 9.17) is 9.47 Å². The molecule has 0 unspecified atom stereocenters. The largest absolute Gasteiger partial charge is 0.497 e. The van der Waals surface area contributed by atoms with Crippen molar-refractivity contribution in [3.8, 4) is 23.1 Å². The number of benzene rings is 2. The van der Waals surface area contributed by atoms with Gasteiger partial charge in [0.25, 0.3) is 5.91 Å². The van der Waals surface area contributed by atoms with Crippen LogP contribution in [0.1, 0.15) is 21.7 Å². The Kier molecular flexibility index (Phi) is 6.07. The first-order chi connectivity index (χ1) is 15.5. The van der Waals surface area contributed by atoms with E-state index in [0.29, 0.717) is 22.8 Å². The minimum Gasteiger partial charge on any atom is -0.497 e. The second-order valence-electron chi connectivity index (χ2n) is 6.85. The molecule has 0 fully saturated rings. The molecule has 0 saturated carbocycles. The van der Waals surface area contributed by atoms with Crippen molar-refractivity contribution in [3.63, 3.8) is 0 Å². The van der Waals surface area contributed by atoms with Crippen LogP contribution in [0.2, 0.25) is 0 Å². The molecule has 0 atom stereocenters. The van der Waals surface area contributed by atoms with Gasteiger partial charge in [0.05, 0.1) is 18.5 Å². The molecule has 2 heterocycles. The van der Waals surface area contributed by atoms with Crippen LogP contribution in [-0.4, -0.2) is 33.0 Å². The standard InChI is InChI=1S/C23H20FN5O3/c1-15-21(27-28-29(15)18-8-4-9-19(13-18)31-2)22(30)26-14-16-6-5-11-25-23(16)32-20-10-3-7-17(24)12-20/h3-13H,14H2,1-2H3,(H,26,30). The van der Waals surface area contributed by atoms with Gasteiger partial charge in [0, 0.05) is 30.4 Å². The Bertz CT molecular complexity index is 1260. The summed E-state index contributed by atoms with van der Waals surface area (Å²) >= 11 is 0. The lowest BCUT2D eigenvalue weighted by atomic mass is 10.2. The van der Waals surface area contributed by atoms with Gasteiger partial charge in [0.15, 0.2) is 5.69 Å². The molecule has 9 heteroatoms. The Morgan fingerprint density at radius 3 is 2.72 bits per heavy atom. The molecule has 0 radical (unpaired) electrons. The first kappa shape index (κ1) is 21.0. The molecule has 4 rings (SSSR count). The quantitative estimate of drug-likeness (QED) is 0.476. The smallest absolute Gasteiger partial charge is 0.274 e. The highest BCUT2D eigenvalue weighted by molar-refractivity contribution is 5.93. The molecule has 4 aromatic rings. The summed E-state index contributed by atoms with van der Waals surface area (Å²) < 4.78 is 25.9. The molecule has 162 valence electrons. The Hall–Kier alpha value is -4.27. The average molecular weight is 433 g/mol. The normalized spacial score (nSPS) is 10.6. The molecular weight excluding hydrogens is 413 g/mol. The maximum atomic E-state index is 13.4. The third-order valence-electron chi connectivity index (χ3n) is 4.71. The highest BCUT2D eigenvalue weighted by atomic mass is 19.1. The van der Waals surface area contributed by atoms with Crippen molar-refractivity contribution in [1.29, 1.82) is 0 Å². The number of aromatic nitrogens is 4. The number of ether oxygens (including phenoxy) is 2. The number of pyridine rings is 1. The van der Waals surface area contributed by atoms with E-state index in [1.54, 1.807) is 55.2 Å². The molecule has 0 aliphatic rings. The molecule has 1 amide bonds. The fourth-order valence-corrected chi connectivity index (χ4v) is 3.08. The summed E-state index contributed by atoms with van der Waals surface area (Å²) in [7, 11) is 1.58. The number of amides is 1. The Morgan fingerprint density at radius 2 is 1.91 bits per heavy atom. The molecule has 2 aromatic heterocycles. The molecule has 0 bridgehead atoms. The minimum absolute atomic E-state index is 0.142. The molecule has 0 saturated heterocycles. The maximum Gasteiger partial charge on any atom is 0.274 e. The maximum absolute atomic E-state index is 13.4. The first-order valence-electron chi connectivity index (χ1n) is 9.77. The summed E-state index contributed by atoms with van der Waals surface area (Å²) in [4.78, 5) is 17.0. The number of hydrogen-bond donors (Lipinski definition) is 1. The monoisotopic (exact) mass is 433 g/mol. The van der Waals surface area contributed by atoms with Crippen molar-refractivity contribution in [2.75, 3.05) is 7.11 Å². The lowest BCUT2D eigenvalue weighted by molar-refractivity contribution is 0.0945. The summed E-state index contributed by atoms with van der Waals surface area (Å²) in [5.41, 5.74) is 2.14. The van der Waals surface area contributed by atoms with Crippen LogP contribution in [0.15, 0.2) is 66.9 Å². The molecule has 8 nitrogen and oxygen atoms in total. The van der Waals surface area contributed by atoms with Gasteiger partial charge in [0.2, 0.25) is 5.88 Å². The summed E-state index contributed by atoms with van der Waals surface area (Å²) in [5, 5.41) is 10.9. The van der Waals surface area contributed by atoms with Crippen molar-refractivity contribution < 1.29 is 18.7 Å². The van der Waals surface area contributed by atoms with Crippen LogP contribution >= 0.6 is 0 Å². The SMILES string of the molecule is COc1cccc(-n2nnc(C(=O)NCc3cccnc3Oc3cccc(F)c3)c2C)c1. The fraction of sp³-hybridized carbons (Fsp3) is 0.130. The number of hydrogen-bond acceptors (Lipinski definition) is 6. The third-order valence-corrected chi connectivity index (χ3v) is 4.71. The van der Waals surface area contributed by atoms with Crippen molar-refractivity contribution >= 4 is 5.91 Å². The summed E-state index contributed by atoms with van der Waals surface area (Å²) in [6.45, 7) is 1.90. The number of nitrogens with one attached hydrogen (secondary N) is 1. The topological polar surface area (TPSA) is 91.2 Å². The van der Waals surface area contributed by atoms with E-state index in [1.165, 1.54) is 12.1 Å². The summed E-state index contributed by atoms with van der Waals surface area (Å²) in [6.07, 6.45) is 1.56. The highest BCUT2D eigenvalue weighted by Gasteiger charge is 2.18. The van der Waals surface area contributed by atoms with E-state index < -0.39 is 11.7 Å². The van der Waals surface area contributed by atoms with Crippen molar-refractivity contribution in [1.82, 2.24) is 25.3 Å². The molecular formula is C23H20FN5O3. The van der Waals surface area contributed by atoms with Crippen LogP contribution in [0.5, 0.6) is 17.4 Å². The predicted octanol–water partition coefficient (Wildman–Crippen LogP) is 3.84. The van der Waals surface area contributed by atoms with E-state index in [-0.39, 0.29) is 18.1 Å². The molecule has 1 N–H and O–H groups in total. The zero-order valence-corrected chi connectivity index (χ0v) is 17.4. The number of carbonyl (C=O) groups is 1. The average Bonchev–Trinajstić information content (AvgIpc) is 3.19. The molecule has 0 aliphatic carbocycles. The Labute approximate surface area is 183 Å². The van der Waals surface area contributed by atoms with Crippen LogP contribution in [0.3, 0.4) is 0 Å². The van der Waals surface area contributed by atoms with Gasteiger partial charge in [-0.25, -0.2) is 14.1 Å². The molecule has 2 aromatic carbocycles. The predicted molar refractivity (Wildman–Crippen MR) is 115 cm³/mol. The molecule has 0 spiro atoms. The van der Waals surface area contributed by atoms with Gasteiger partial charge in [0.1, 0.15) is 17.3 Å². The van der Waals surface area contributed by atoms with Gasteiger partial charge >= 0.3 is 0 Å². The number of rotatable bonds is 7. The minimum atomic E-state index is -0.414. The lowest BCUT2D eigenvalue weighted by Gasteiger charge is -2.10. The Morgan fingerprint density at radius 1 is 1.09 bits per heavy atom. The number of carbonyl (C=O) groups excluding carboxylic acids is 1. The van der Waals surface area contributed by atoms with Gasteiger partial charge in [-0.1, -0.05) is 23.4 Å². The molecule has 0 aliphatic heterocycles. The zero-order chi connectivity index (χ0) is 22.5. The van der Waals surface area contributed by atoms with E-state index >= 15 is 0 Å². The summed E-state index contributed by atoms with van der Waals surface area (Å²) in [6, 6.07) is 16.5. The van der Waals surface area contributed by atoms with Gasteiger partial charge in [-0.2, -0.15) is 0 Å². The van der Waals surface area contributed by atoms with Crippen LogP contribution in [0.4, 0.5) is 4.39 Å². The van der Waals surface area contributed by atoms with Gasteiger partial charge in [-0.05, 0) is 37.3 Å². The zero-order valence-electron chi connectivity index (χ0n) is 17.4. The fourth-order valence-electron chi connectivity index (χ4n) is 3.08. The second kappa shape index (κ2) is 9.25. The summed E-state index contributed by atoms with van der Waals surface area (Å²) in [5.74, 6) is 0.453. The van der Waals surface area contributed by atoms with Gasteiger partial charge in [-0.15, -0.1) is 5.10 Å². The number of halogens is 1. The van der Waals surface area contributed by atoms with Crippen LogP contribution < -0.4 is 14.8 Å². The van der Waals surface area contributed by atoms with E-state index in [2.05, 4.69) is 20.6 Å². The van der Waals surface area contributed by atoms with Crippen molar-refractivity contribution in [2.45, 2.75) is 13.5 Å². The van der Waals surface area contributed by atoms with Crippen LogP contribution in [0, 0.1) is 12.7 Å². The first-order valence-corrected chi connectivity index (χ1v) is 9.77. The highest BCUT2D eigenvalue weighted by Crippen LogP contribution is 2.23. The van der Waals surface area contributed by atoms with E-state index in [1.807, 2.05) is 18.2 Å². The Balaban J connectivity index is 1.49. The number of nitrogens with zero attached hydrogens (tertiary/aromatic N) is 4. The lowest BCUT2D eigenvalue weighted by Crippen LogP contribution is -2.24. The second-order valence-corrected chi connectivity index (χ2v) is 6.85. The third kappa shape index (κ3) is 4.56. The van der Waals surface area contributed by atoms with Gasteiger partial charge in [-0.3, -0.25) is 4.79 Å². The van der Waals surface area contributed by atoms with Gasteiger partial charge < -0.3 is 14.8 Å². The van der Waals surface area contributed by atoms with Crippen molar-refractivity contribution in [2.24, 2.45) is 0 Å². The molecule has 32 heavy (non-hydrogen) atoms. The number of methoxy groups -OCH3 is 1. The van der Waals surface area contributed by atoms with Crippen LogP contribution in [-0.2, 0) is 6.54 Å². The van der Waals surface area contributed by atoms with E-state index in [0.717, 1.165) is 5.69 Å². The van der Waals surface area contributed by atoms with Crippen LogP contribution in [0.25, 0.3) is 5.69 Å². The van der Waals surface area contributed by atoms with E-state index in [9.17, 15) is 9.18 Å².